The molecule has 0 bridgehead atoms. The van der Waals surface area contributed by atoms with Gasteiger partial charge >= 0.3 is 0 Å². The lowest BCUT2D eigenvalue weighted by molar-refractivity contribution is 0.196. The third kappa shape index (κ3) is 5.36. The Labute approximate surface area is 107 Å². The zero-order chi connectivity index (χ0) is 12.7. The van der Waals surface area contributed by atoms with Crippen molar-refractivity contribution in [2.45, 2.75) is 58.0 Å². The van der Waals surface area contributed by atoms with Crippen LogP contribution >= 0.6 is 0 Å². The van der Waals surface area contributed by atoms with E-state index in [-0.39, 0.29) is 0 Å². The first-order chi connectivity index (χ1) is 8.17. The van der Waals surface area contributed by atoms with E-state index in [0.29, 0.717) is 6.04 Å². The first-order valence-electron chi connectivity index (χ1n) is 7.35. The summed E-state index contributed by atoms with van der Waals surface area (Å²) < 4.78 is 0. The van der Waals surface area contributed by atoms with E-state index < -0.39 is 0 Å². The van der Waals surface area contributed by atoms with Crippen molar-refractivity contribution in [3.05, 3.63) is 0 Å². The molecule has 0 aromatic rings. The first-order valence-corrected chi connectivity index (χ1v) is 7.35. The second-order valence-corrected chi connectivity index (χ2v) is 5.50. The van der Waals surface area contributed by atoms with Gasteiger partial charge in [-0.2, -0.15) is 0 Å². The summed E-state index contributed by atoms with van der Waals surface area (Å²) in [5, 5.41) is 0. The normalized spacial score (nSPS) is 23.5. The van der Waals surface area contributed by atoms with Gasteiger partial charge in [0.25, 0.3) is 0 Å². The predicted molar refractivity (Wildman–Crippen MR) is 75.3 cm³/mol. The van der Waals surface area contributed by atoms with Crippen LogP contribution in [0.4, 0.5) is 0 Å². The van der Waals surface area contributed by atoms with E-state index in [9.17, 15) is 0 Å². The Bertz CT molecular complexity index is 196. The van der Waals surface area contributed by atoms with Gasteiger partial charge in [-0.3, -0.25) is 4.90 Å². The van der Waals surface area contributed by atoms with Crippen molar-refractivity contribution < 1.29 is 0 Å². The molecule has 0 radical (unpaired) electrons. The van der Waals surface area contributed by atoms with Crippen LogP contribution in [-0.4, -0.2) is 55.1 Å². The number of likely N-dealkylation sites (tertiary alicyclic amines) is 1. The molecule has 1 aliphatic heterocycles. The highest BCUT2D eigenvalue weighted by atomic mass is 15.2. The van der Waals surface area contributed by atoms with Gasteiger partial charge < -0.3 is 10.6 Å². The van der Waals surface area contributed by atoms with Crippen LogP contribution in [0.3, 0.4) is 0 Å². The van der Waals surface area contributed by atoms with E-state index in [1.807, 2.05) is 0 Å². The van der Waals surface area contributed by atoms with Gasteiger partial charge in [0.15, 0.2) is 0 Å². The number of hydrogen-bond acceptors (Lipinski definition) is 3. The Morgan fingerprint density at radius 3 is 2.82 bits per heavy atom. The third-order valence-corrected chi connectivity index (χ3v) is 4.07. The third-order valence-electron chi connectivity index (χ3n) is 4.07. The molecule has 17 heavy (non-hydrogen) atoms. The van der Waals surface area contributed by atoms with Gasteiger partial charge in [0.05, 0.1) is 0 Å². The molecule has 3 nitrogen and oxygen atoms in total. The average Bonchev–Trinajstić information content (AvgIpc) is 2.76. The van der Waals surface area contributed by atoms with Crippen LogP contribution < -0.4 is 5.73 Å². The molecule has 0 saturated carbocycles. The Hall–Kier alpha value is -0.120. The van der Waals surface area contributed by atoms with E-state index >= 15 is 0 Å². The van der Waals surface area contributed by atoms with Crippen molar-refractivity contribution in [3.63, 3.8) is 0 Å². The lowest BCUT2D eigenvalue weighted by Crippen LogP contribution is -2.39. The Kier molecular flexibility index (Phi) is 7.09. The molecule has 0 aliphatic carbocycles. The molecule has 0 amide bonds. The monoisotopic (exact) mass is 241 g/mol. The standard InChI is InChI=1S/C14H31N3/c1-4-13(15)8-6-10-16(3)12-14-9-7-11-17(14)5-2/h13-14H,4-12,15H2,1-3H3. The summed E-state index contributed by atoms with van der Waals surface area (Å²) in [6.45, 7) is 9.39. The molecular weight excluding hydrogens is 210 g/mol. The Morgan fingerprint density at radius 1 is 1.41 bits per heavy atom. The van der Waals surface area contributed by atoms with E-state index in [4.69, 9.17) is 5.73 Å². The Balaban J connectivity index is 2.13. The van der Waals surface area contributed by atoms with Crippen LogP contribution in [0.2, 0.25) is 0 Å². The van der Waals surface area contributed by atoms with Crippen molar-refractivity contribution >= 4 is 0 Å². The molecule has 1 heterocycles. The highest BCUT2D eigenvalue weighted by Crippen LogP contribution is 2.17. The zero-order valence-electron chi connectivity index (χ0n) is 12.0. The number of nitrogens with zero attached hydrogens (tertiary/aromatic N) is 2. The summed E-state index contributed by atoms with van der Waals surface area (Å²) in [6.07, 6.45) is 6.28. The summed E-state index contributed by atoms with van der Waals surface area (Å²) >= 11 is 0. The van der Waals surface area contributed by atoms with E-state index in [1.54, 1.807) is 0 Å². The maximum atomic E-state index is 5.94. The van der Waals surface area contributed by atoms with Gasteiger partial charge in [-0.1, -0.05) is 13.8 Å². The summed E-state index contributed by atoms with van der Waals surface area (Å²) in [4.78, 5) is 5.11. The molecule has 1 aliphatic rings. The van der Waals surface area contributed by atoms with Gasteiger partial charge in [-0.05, 0) is 58.8 Å². The highest BCUT2D eigenvalue weighted by Gasteiger charge is 2.23. The molecular formula is C14H31N3. The molecule has 0 aromatic carbocycles. The summed E-state index contributed by atoms with van der Waals surface area (Å²) in [7, 11) is 2.25. The largest absolute Gasteiger partial charge is 0.328 e. The van der Waals surface area contributed by atoms with Gasteiger partial charge in [-0.25, -0.2) is 0 Å². The van der Waals surface area contributed by atoms with Crippen LogP contribution in [0.25, 0.3) is 0 Å². The number of nitrogens with two attached hydrogens (primary N) is 1. The lowest BCUT2D eigenvalue weighted by Gasteiger charge is -2.27. The molecule has 0 spiro atoms. The van der Waals surface area contributed by atoms with Crippen LogP contribution in [-0.2, 0) is 0 Å². The van der Waals surface area contributed by atoms with Crippen molar-refractivity contribution in [3.8, 4) is 0 Å². The molecule has 2 unspecified atom stereocenters. The maximum Gasteiger partial charge on any atom is 0.0223 e. The fourth-order valence-corrected chi connectivity index (χ4v) is 2.80. The average molecular weight is 241 g/mol. The predicted octanol–water partition coefficient (Wildman–Crippen LogP) is 1.92. The number of rotatable bonds is 8. The fourth-order valence-electron chi connectivity index (χ4n) is 2.80. The topological polar surface area (TPSA) is 32.5 Å². The van der Waals surface area contributed by atoms with Crippen molar-refractivity contribution in [2.24, 2.45) is 5.73 Å². The quantitative estimate of drug-likeness (QED) is 0.705. The van der Waals surface area contributed by atoms with Gasteiger partial charge in [0.1, 0.15) is 0 Å². The molecule has 1 fully saturated rings. The van der Waals surface area contributed by atoms with Crippen molar-refractivity contribution in [1.82, 2.24) is 9.80 Å². The first kappa shape index (κ1) is 14.9. The molecule has 0 aromatic heterocycles. The van der Waals surface area contributed by atoms with Crippen molar-refractivity contribution in [1.29, 1.82) is 0 Å². The minimum Gasteiger partial charge on any atom is -0.328 e. The van der Waals surface area contributed by atoms with Crippen molar-refractivity contribution in [2.75, 3.05) is 33.2 Å². The van der Waals surface area contributed by atoms with E-state index in [2.05, 4.69) is 30.7 Å². The summed E-state index contributed by atoms with van der Waals surface area (Å²) in [5.41, 5.74) is 5.94. The van der Waals surface area contributed by atoms with Gasteiger partial charge in [0, 0.05) is 18.6 Å². The van der Waals surface area contributed by atoms with Crippen LogP contribution in [0.5, 0.6) is 0 Å². The summed E-state index contributed by atoms with van der Waals surface area (Å²) in [6, 6.07) is 1.20. The molecule has 3 heteroatoms. The van der Waals surface area contributed by atoms with Crippen LogP contribution in [0, 0.1) is 0 Å². The maximum absolute atomic E-state index is 5.94. The smallest absolute Gasteiger partial charge is 0.0223 e. The van der Waals surface area contributed by atoms with Crippen LogP contribution in [0.1, 0.15) is 46.0 Å². The van der Waals surface area contributed by atoms with Crippen LogP contribution in [0.15, 0.2) is 0 Å². The molecule has 1 rings (SSSR count). The second kappa shape index (κ2) is 8.06. The Morgan fingerprint density at radius 2 is 2.18 bits per heavy atom. The summed E-state index contributed by atoms with van der Waals surface area (Å²) in [5.74, 6) is 0. The molecule has 102 valence electrons. The van der Waals surface area contributed by atoms with E-state index in [0.717, 1.165) is 12.5 Å². The second-order valence-electron chi connectivity index (χ2n) is 5.50. The lowest BCUT2D eigenvalue weighted by atomic mass is 10.1. The SMILES string of the molecule is CCC(N)CCCN(C)CC1CCCN1CC. The fraction of sp³-hybridized carbons (Fsp3) is 1.00. The molecule has 2 atom stereocenters. The zero-order valence-corrected chi connectivity index (χ0v) is 12.0. The van der Waals surface area contributed by atoms with Gasteiger partial charge in [-0.15, -0.1) is 0 Å². The minimum atomic E-state index is 0.405. The number of likely N-dealkylation sites (N-methyl/N-ethyl adjacent to an activating group) is 2. The minimum absolute atomic E-state index is 0.405. The number of hydrogen-bond donors (Lipinski definition) is 1. The van der Waals surface area contributed by atoms with E-state index in [1.165, 1.54) is 51.9 Å². The van der Waals surface area contributed by atoms with Gasteiger partial charge in [0.2, 0.25) is 0 Å². The highest BCUT2D eigenvalue weighted by molar-refractivity contribution is 4.80. The molecule has 2 N–H and O–H groups in total. The molecule has 1 saturated heterocycles.